The topological polar surface area (TPSA) is 76.2 Å². The van der Waals surface area contributed by atoms with E-state index in [1.165, 1.54) is 6.07 Å². The third kappa shape index (κ3) is 5.96. The molecule has 0 amide bonds. The molecule has 5 nitrogen and oxygen atoms in total. The number of hydrogen-bond acceptors (Lipinski definition) is 4. The first-order valence-electron chi connectivity index (χ1n) is 4.46. The van der Waals surface area contributed by atoms with Gasteiger partial charge in [0.1, 0.15) is 0 Å². The van der Waals surface area contributed by atoms with Gasteiger partial charge in [0, 0.05) is 6.07 Å². The first-order chi connectivity index (χ1) is 8.24. The van der Waals surface area contributed by atoms with E-state index in [9.17, 15) is 23.1 Å². The summed E-state index contributed by atoms with van der Waals surface area (Å²) in [4.78, 5) is 9.82. The molecule has 0 spiro atoms. The first-order valence-corrected chi connectivity index (χ1v) is 5.54. The van der Waals surface area contributed by atoms with E-state index in [1.807, 2.05) is 0 Å². The molecule has 1 aromatic carbocycles. The van der Waals surface area contributed by atoms with E-state index < -0.39 is 29.8 Å². The molecule has 0 fully saturated rings. The molecule has 0 unspecified atom stereocenters. The summed E-state index contributed by atoms with van der Waals surface area (Å²) in [6.07, 6.45) is 0. The van der Waals surface area contributed by atoms with Crippen LogP contribution in [0.5, 0.6) is 5.75 Å². The molecule has 0 aliphatic carbocycles. The van der Waals surface area contributed by atoms with Crippen molar-refractivity contribution in [3.8, 4) is 11.8 Å². The van der Waals surface area contributed by atoms with Crippen LogP contribution < -0.4 is 56.1 Å². The summed E-state index contributed by atoms with van der Waals surface area (Å²) < 4.78 is 40.7. The number of ether oxygens (including phenoxy) is 1. The molecule has 0 aliphatic heterocycles. The Balaban J connectivity index is 0.00000324. The summed E-state index contributed by atoms with van der Waals surface area (Å²) in [5, 5.41) is 19.3. The SMILES string of the molecule is N#Cc1cc(I)c(OC[B-](F)(F)F)c([N+](=O)[O-])c1.[K+]. The maximum atomic E-state index is 12.1. The summed E-state index contributed by atoms with van der Waals surface area (Å²) in [6, 6.07) is 3.77. The summed E-state index contributed by atoms with van der Waals surface area (Å²) in [5.74, 6) is -0.473. The van der Waals surface area contributed by atoms with E-state index in [-0.39, 0.29) is 60.5 Å². The number of halogens is 4. The van der Waals surface area contributed by atoms with Gasteiger partial charge in [0.15, 0.2) is 0 Å². The van der Waals surface area contributed by atoms with E-state index >= 15 is 0 Å². The van der Waals surface area contributed by atoms with Crippen LogP contribution >= 0.6 is 22.6 Å². The third-order valence-electron chi connectivity index (χ3n) is 1.77. The van der Waals surface area contributed by atoms with Crippen molar-refractivity contribution in [2.45, 2.75) is 0 Å². The van der Waals surface area contributed by atoms with Crippen molar-refractivity contribution in [1.82, 2.24) is 0 Å². The van der Waals surface area contributed by atoms with Crippen LogP contribution in [0, 0.1) is 25.0 Å². The quantitative estimate of drug-likeness (QED) is 0.300. The Kier molecular flexibility index (Phi) is 7.85. The third-order valence-corrected chi connectivity index (χ3v) is 2.57. The number of nitro benzene ring substituents is 1. The van der Waals surface area contributed by atoms with Crippen LogP contribution in [0.2, 0.25) is 0 Å². The average molecular weight is 410 g/mol. The van der Waals surface area contributed by atoms with Crippen LogP contribution in [0.4, 0.5) is 18.6 Å². The van der Waals surface area contributed by atoms with E-state index in [0.717, 1.165) is 6.07 Å². The van der Waals surface area contributed by atoms with Gasteiger partial charge in [-0.25, -0.2) is 0 Å². The second-order valence-corrected chi connectivity index (χ2v) is 4.36. The minimum atomic E-state index is -5.21. The second kappa shape index (κ2) is 7.79. The van der Waals surface area contributed by atoms with Gasteiger partial charge in [-0.05, 0) is 28.7 Å². The summed E-state index contributed by atoms with van der Waals surface area (Å²) >= 11 is 1.58. The molecule has 0 heterocycles. The molecule has 0 N–H and O–H groups in total. The largest absolute Gasteiger partial charge is 1.00 e. The van der Waals surface area contributed by atoms with E-state index in [1.54, 1.807) is 28.7 Å². The summed E-state index contributed by atoms with van der Waals surface area (Å²) in [5.41, 5.74) is -0.672. The molecule has 0 aliphatic rings. The smallest absolute Gasteiger partial charge is 0.516 e. The minimum Gasteiger partial charge on any atom is -0.516 e. The molecular formula is C8H4BF3IKN2O3. The zero-order valence-electron chi connectivity index (χ0n) is 9.57. The fourth-order valence-electron chi connectivity index (χ4n) is 1.10. The molecule has 0 saturated carbocycles. The van der Waals surface area contributed by atoms with Crippen molar-refractivity contribution in [1.29, 1.82) is 5.26 Å². The van der Waals surface area contributed by atoms with Gasteiger partial charge in [0.05, 0.1) is 26.6 Å². The van der Waals surface area contributed by atoms with Gasteiger partial charge in [0.2, 0.25) is 5.75 Å². The summed E-state index contributed by atoms with van der Waals surface area (Å²) in [6.45, 7) is -6.77. The average Bonchev–Trinajstić information content (AvgIpc) is 2.24. The zero-order valence-corrected chi connectivity index (χ0v) is 14.9. The Bertz CT molecular complexity index is 535. The first kappa shape index (κ1) is 19.1. The predicted molar refractivity (Wildman–Crippen MR) is 65.1 cm³/mol. The van der Waals surface area contributed by atoms with Crippen molar-refractivity contribution in [3.05, 3.63) is 31.4 Å². The fourth-order valence-corrected chi connectivity index (χ4v) is 1.87. The van der Waals surface area contributed by atoms with Crippen LogP contribution in [0.1, 0.15) is 5.56 Å². The number of nitriles is 1. The molecule has 0 saturated heterocycles. The Labute approximate surface area is 162 Å². The standard InChI is InChI=1S/C8H4BF3IN2O3.K/c10-9(11,12)4-18-8-6(13)1-5(3-14)2-7(8)15(16)17;/h1-2H,4H2;/q-1;+1. The Morgan fingerprint density at radius 2 is 2.05 bits per heavy atom. The Morgan fingerprint density at radius 3 is 2.47 bits per heavy atom. The minimum absolute atomic E-state index is 0. The van der Waals surface area contributed by atoms with Crippen LogP contribution in [0.15, 0.2) is 12.1 Å². The van der Waals surface area contributed by atoms with Crippen molar-refractivity contribution in [2.75, 3.05) is 6.51 Å². The maximum absolute atomic E-state index is 12.1. The number of hydrogen-bond donors (Lipinski definition) is 0. The monoisotopic (exact) mass is 410 g/mol. The Morgan fingerprint density at radius 1 is 1.47 bits per heavy atom. The molecule has 0 radical (unpaired) electrons. The molecule has 96 valence electrons. The van der Waals surface area contributed by atoms with Gasteiger partial charge in [-0.3, -0.25) is 10.1 Å². The fraction of sp³-hybridized carbons (Fsp3) is 0.125. The number of nitrogens with zero attached hydrogens (tertiary/aromatic N) is 2. The molecular weight excluding hydrogens is 406 g/mol. The van der Waals surface area contributed by atoms with Crippen LogP contribution in [-0.2, 0) is 0 Å². The number of nitro groups is 1. The predicted octanol–water partition coefficient (Wildman–Crippen LogP) is -0.160. The van der Waals surface area contributed by atoms with Crippen molar-refractivity contribution < 1.29 is 74.0 Å². The molecule has 1 aromatic rings. The van der Waals surface area contributed by atoms with Crippen molar-refractivity contribution in [2.24, 2.45) is 0 Å². The van der Waals surface area contributed by atoms with Crippen molar-refractivity contribution in [3.63, 3.8) is 0 Å². The van der Waals surface area contributed by atoms with Gasteiger partial charge in [-0.15, -0.1) is 0 Å². The van der Waals surface area contributed by atoms with Crippen molar-refractivity contribution >= 4 is 35.3 Å². The van der Waals surface area contributed by atoms with Gasteiger partial charge < -0.3 is 17.7 Å². The molecule has 11 heteroatoms. The van der Waals surface area contributed by atoms with Crippen LogP contribution in [0.25, 0.3) is 0 Å². The summed E-state index contributed by atoms with van der Waals surface area (Å²) in [7, 11) is 0. The van der Waals surface area contributed by atoms with Crippen LogP contribution in [0.3, 0.4) is 0 Å². The molecule has 19 heavy (non-hydrogen) atoms. The van der Waals surface area contributed by atoms with E-state index in [2.05, 4.69) is 4.74 Å². The van der Waals surface area contributed by atoms with Gasteiger partial charge in [0.25, 0.3) is 0 Å². The van der Waals surface area contributed by atoms with E-state index in [4.69, 9.17) is 5.26 Å². The zero-order chi connectivity index (χ0) is 13.9. The van der Waals surface area contributed by atoms with Gasteiger partial charge >= 0.3 is 64.0 Å². The number of rotatable bonds is 4. The van der Waals surface area contributed by atoms with E-state index in [0.29, 0.717) is 0 Å². The Hall–Kier alpha value is 0.131. The van der Waals surface area contributed by atoms with Crippen LogP contribution in [-0.4, -0.2) is 18.4 Å². The normalized spacial score (nSPS) is 10.3. The molecule has 0 atom stereocenters. The van der Waals surface area contributed by atoms with Gasteiger partial charge in [-0.1, -0.05) is 0 Å². The number of benzene rings is 1. The molecule has 0 aromatic heterocycles. The maximum Gasteiger partial charge on any atom is 1.00 e. The van der Waals surface area contributed by atoms with Gasteiger partial charge in [-0.2, -0.15) is 5.26 Å². The second-order valence-electron chi connectivity index (χ2n) is 3.20. The molecule has 1 rings (SSSR count). The molecule has 0 bridgehead atoms.